The molecule has 0 unspecified atom stereocenters. The first-order valence-electron chi connectivity index (χ1n) is 6.73. The smallest absolute Gasteiger partial charge is 0.332 e. The Balaban J connectivity index is 2.34. The first-order chi connectivity index (χ1) is 11.6. The molecule has 24 heavy (non-hydrogen) atoms. The summed E-state index contributed by atoms with van der Waals surface area (Å²) in [4.78, 5) is 23.4. The molecule has 0 aliphatic rings. The second-order valence-corrected chi connectivity index (χ2v) is 4.69. The number of furan rings is 1. The lowest BCUT2D eigenvalue weighted by molar-refractivity contribution is 0.249. The fourth-order valence-electron chi connectivity index (χ4n) is 2.41. The van der Waals surface area contributed by atoms with E-state index in [0.29, 0.717) is 16.7 Å². The van der Waals surface area contributed by atoms with E-state index in [0.717, 1.165) is 6.21 Å². The van der Waals surface area contributed by atoms with Crippen LogP contribution in [0.1, 0.15) is 5.56 Å². The highest BCUT2D eigenvalue weighted by Gasteiger charge is 2.22. The molecule has 124 valence electrons. The molecule has 0 atom stereocenters. The summed E-state index contributed by atoms with van der Waals surface area (Å²) in [5.41, 5.74) is 7.18. The second kappa shape index (κ2) is 5.95. The predicted octanol–water partition coefficient (Wildman–Crippen LogP) is 1.56. The molecule has 3 N–H and O–H groups in total. The summed E-state index contributed by atoms with van der Waals surface area (Å²) in [6.07, 6.45) is 3.77. The number of primary amides is 1. The molecule has 2 heterocycles. The number of hydrogen-bond acceptors (Lipinski definition) is 7. The van der Waals surface area contributed by atoms with Crippen LogP contribution in [0.25, 0.3) is 21.9 Å². The lowest BCUT2D eigenvalue weighted by Crippen LogP contribution is -2.24. The van der Waals surface area contributed by atoms with Crippen molar-refractivity contribution in [2.24, 2.45) is 10.8 Å². The van der Waals surface area contributed by atoms with E-state index in [1.54, 1.807) is 6.07 Å². The molecule has 0 saturated carbocycles. The van der Waals surface area contributed by atoms with Gasteiger partial charge in [-0.15, -0.1) is 0 Å². The summed E-state index contributed by atoms with van der Waals surface area (Å²) < 4.78 is 21.6. The van der Waals surface area contributed by atoms with E-state index in [2.05, 4.69) is 5.10 Å². The Hall–Kier alpha value is -3.49. The maximum atomic E-state index is 12.8. The summed E-state index contributed by atoms with van der Waals surface area (Å²) in [6, 6.07) is 0.807. The van der Waals surface area contributed by atoms with Gasteiger partial charge in [-0.25, -0.2) is 10.2 Å². The fourth-order valence-corrected chi connectivity index (χ4v) is 2.41. The minimum absolute atomic E-state index is 0.0967. The number of nitrogens with one attached hydrogen (secondary N) is 1. The molecule has 0 radical (unpaired) electrons. The van der Waals surface area contributed by atoms with Crippen LogP contribution >= 0.6 is 0 Å². The zero-order valence-corrected chi connectivity index (χ0v) is 12.8. The molecule has 0 aliphatic heterocycles. The molecule has 2 aromatic heterocycles. The van der Waals surface area contributed by atoms with Crippen LogP contribution in [-0.4, -0.2) is 26.5 Å². The van der Waals surface area contributed by atoms with Gasteiger partial charge in [0, 0.05) is 0 Å². The van der Waals surface area contributed by atoms with Gasteiger partial charge in [-0.3, -0.25) is 4.79 Å². The fraction of sp³-hybridized carbons (Fsp3) is 0.133. The number of rotatable bonds is 4. The molecular formula is C15H13N3O6. The maximum Gasteiger partial charge on any atom is 0.332 e. The Labute approximate surface area is 134 Å². The van der Waals surface area contributed by atoms with Crippen molar-refractivity contribution in [3.05, 3.63) is 34.4 Å². The Morgan fingerprint density at radius 3 is 2.67 bits per heavy atom. The van der Waals surface area contributed by atoms with Crippen molar-refractivity contribution in [3.63, 3.8) is 0 Å². The van der Waals surface area contributed by atoms with Crippen LogP contribution < -0.4 is 26.1 Å². The Kier molecular flexibility index (Phi) is 3.82. The van der Waals surface area contributed by atoms with E-state index in [4.69, 9.17) is 24.0 Å². The first kappa shape index (κ1) is 15.4. The average Bonchev–Trinajstić information content (AvgIpc) is 3.03. The van der Waals surface area contributed by atoms with Crippen molar-refractivity contribution in [3.8, 4) is 11.5 Å². The van der Waals surface area contributed by atoms with E-state index in [9.17, 15) is 9.59 Å². The van der Waals surface area contributed by atoms with Gasteiger partial charge in [0.25, 0.3) is 0 Å². The zero-order valence-electron chi connectivity index (χ0n) is 12.8. The summed E-state index contributed by atoms with van der Waals surface area (Å²) in [6.45, 7) is 0. The third-order valence-electron chi connectivity index (χ3n) is 3.36. The number of methoxy groups -OCH3 is 2. The molecule has 3 rings (SSSR count). The summed E-state index contributed by atoms with van der Waals surface area (Å²) in [5.74, 6) is 0.572. The van der Waals surface area contributed by atoms with Crippen molar-refractivity contribution < 1.29 is 23.1 Å². The minimum atomic E-state index is -0.851. The molecule has 1 aromatic carbocycles. The number of amides is 2. The lowest BCUT2D eigenvalue weighted by atomic mass is 10.1. The van der Waals surface area contributed by atoms with Gasteiger partial charge in [0.15, 0.2) is 11.2 Å². The van der Waals surface area contributed by atoms with Crippen LogP contribution in [0.2, 0.25) is 0 Å². The summed E-state index contributed by atoms with van der Waals surface area (Å²) in [7, 11) is 2.87. The Morgan fingerprint density at radius 2 is 2.00 bits per heavy atom. The molecule has 9 heteroatoms. The third-order valence-corrected chi connectivity index (χ3v) is 3.36. The number of carbonyl (C=O) groups excluding carboxylic acids is 1. The number of nitrogens with two attached hydrogens (primary N) is 1. The molecule has 9 nitrogen and oxygen atoms in total. The third kappa shape index (κ3) is 2.32. The van der Waals surface area contributed by atoms with Crippen LogP contribution in [0.3, 0.4) is 0 Å². The molecule has 0 bridgehead atoms. The molecular weight excluding hydrogens is 318 g/mol. The highest BCUT2D eigenvalue weighted by Crippen LogP contribution is 2.41. The molecule has 0 aliphatic carbocycles. The molecule has 2 amide bonds. The van der Waals surface area contributed by atoms with Gasteiger partial charge in [0.05, 0.1) is 37.6 Å². The van der Waals surface area contributed by atoms with E-state index >= 15 is 0 Å². The largest absolute Gasteiger partial charge is 0.495 e. The number of nitrogens with zero attached hydrogens (tertiary/aromatic N) is 1. The number of urea groups is 1. The summed E-state index contributed by atoms with van der Waals surface area (Å²) in [5, 5.41) is 4.30. The number of hydrogen-bond donors (Lipinski definition) is 2. The Bertz CT molecular complexity index is 1020. The number of hydrazone groups is 1. The van der Waals surface area contributed by atoms with Gasteiger partial charge in [0.2, 0.25) is 11.2 Å². The van der Waals surface area contributed by atoms with E-state index in [-0.39, 0.29) is 22.3 Å². The van der Waals surface area contributed by atoms with Crippen molar-refractivity contribution in [2.45, 2.75) is 0 Å². The van der Waals surface area contributed by atoms with Gasteiger partial charge in [0.1, 0.15) is 17.4 Å². The normalized spacial score (nSPS) is 11.2. The summed E-state index contributed by atoms with van der Waals surface area (Å²) >= 11 is 0. The van der Waals surface area contributed by atoms with Gasteiger partial charge < -0.3 is 24.0 Å². The maximum absolute atomic E-state index is 12.8. The molecule has 0 spiro atoms. The van der Waals surface area contributed by atoms with E-state index in [1.165, 1.54) is 26.7 Å². The van der Waals surface area contributed by atoms with Gasteiger partial charge in [-0.05, 0) is 6.07 Å². The van der Waals surface area contributed by atoms with Crippen molar-refractivity contribution in [1.29, 1.82) is 0 Å². The van der Waals surface area contributed by atoms with Crippen molar-refractivity contribution in [2.75, 3.05) is 14.2 Å². The predicted molar refractivity (Wildman–Crippen MR) is 85.7 cm³/mol. The first-order valence-corrected chi connectivity index (χ1v) is 6.73. The molecule has 3 aromatic rings. The molecule has 0 fully saturated rings. The average molecular weight is 331 g/mol. The number of benzene rings is 1. The monoisotopic (exact) mass is 331 g/mol. The standard InChI is InChI=1S/C15H13N3O6/c1-21-11-8-3-4-23-12(8)14(22-2)13-9(11)10(19)7(6-24-13)5-17-18-15(16)20/h3-6H,1-2H3,(H3,16,18,20)/b17-5+. The minimum Gasteiger partial charge on any atom is -0.495 e. The topological polar surface area (TPSA) is 129 Å². The van der Waals surface area contributed by atoms with Crippen LogP contribution in [-0.2, 0) is 0 Å². The number of fused-ring (bicyclic) bond motifs is 2. The highest BCUT2D eigenvalue weighted by atomic mass is 16.5. The molecule has 0 saturated heterocycles. The number of ether oxygens (including phenoxy) is 2. The van der Waals surface area contributed by atoms with Crippen LogP contribution in [0, 0.1) is 0 Å². The van der Waals surface area contributed by atoms with Crippen LogP contribution in [0.4, 0.5) is 4.79 Å². The van der Waals surface area contributed by atoms with Crippen LogP contribution in [0.5, 0.6) is 11.5 Å². The quantitative estimate of drug-likeness (QED) is 0.551. The van der Waals surface area contributed by atoms with Gasteiger partial charge in [-0.2, -0.15) is 5.10 Å². The SMILES string of the molecule is COc1c2occc2c(OC)c2c(=O)c(/C=N/NC(N)=O)coc12. The zero-order chi connectivity index (χ0) is 17.3. The van der Waals surface area contributed by atoms with E-state index < -0.39 is 11.5 Å². The lowest BCUT2D eigenvalue weighted by Gasteiger charge is -2.10. The van der Waals surface area contributed by atoms with Crippen molar-refractivity contribution in [1.82, 2.24) is 5.43 Å². The van der Waals surface area contributed by atoms with Gasteiger partial charge >= 0.3 is 6.03 Å². The Morgan fingerprint density at radius 1 is 1.25 bits per heavy atom. The van der Waals surface area contributed by atoms with E-state index in [1.807, 2.05) is 5.43 Å². The van der Waals surface area contributed by atoms with Gasteiger partial charge in [-0.1, -0.05) is 0 Å². The van der Waals surface area contributed by atoms with Crippen LogP contribution in [0.15, 0.2) is 37.3 Å². The highest BCUT2D eigenvalue weighted by molar-refractivity contribution is 6.07. The number of carbonyl (C=O) groups is 1. The second-order valence-electron chi connectivity index (χ2n) is 4.69. The van der Waals surface area contributed by atoms with Crippen molar-refractivity contribution >= 4 is 34.2 Å².